The zero-order chi connectivity index (χ0) is 12.9. The third-order valence-electron chi connectivity index (χ3n) is 1.99. The molecule has 1 aromatic carbocycles. The summed E-state index contributed by atoms with van der Waals surface area (Å²) in [5.74, 6) is -0.940. The van der Waals surface area contributed by atoms with Crippen LogP contribution >= 0.6 is 15.9 Å². The number of carboxylic acid groups (broad SMARTS) is 1. The number of nitrogens with one attached hydrogen (secondary N) is 1. The van der Waals surface area contributed by atoms with E-state index in [9.17, 15) is 13.2 Å². The highest BCUT2D eigenvalue weighted by molar-refractivity contribution is 9.10. The minimum absolute atomic E-state index is 0.0571. The van der Waals surface area contributed by atoms with Crippen molar-refractivity contribution in [2.75, 3.05) is 6.54 Å². The van der Waals surface area contributed by atoms with Crippen LogP contribution in [-0.4, -0.2) is 26.0 Å². The second-order valence-corrected chi connectivity index (χ2v) is 5.92. The van der Waals surface area contributed by atoms with Gasteiger partial charge >= 0.3 is 5.97 Å². The molecule has 0 aliphatic rings. The standard InChI is InChI=1S/C10H12BrNO4S/c11-8-4-1-2-5-9(8)17(15,16)12-7-3-6-10(13)14/h1-2,4-5,12H,3,6-7H2,(H,13,14). The van der Waals surface area contributed by atoms with Crippen LogP contribution in [0.4, 0.5) is 0 Å². The highest BCUT2D eigenvalue weighted by Gasteiger charge is 2.16. The number of carbonyl (C=O) groups is 1. The Kier molecular flexibility index (Phi) is 5.10. The first-order chi connectivity index (χ1) is 7.93. The van der Waals surface area contributed by atoms with Crippen LogP contribution < -0.4 is 4.72 Å². The molecule has 1 aromatic rings. The van der Waals surface area contributed by atoms with Crippen LogP contribution in [0.2, 0.25) is 0 Å². The maximum Gasteiger partial charge on any atom is 0.303 e. The quantitative estimate of drug-likeness (QED) is 0.779. The van der Waals surface area contributed by atoms with Gasteiger partial charge in [-0.15, -0.1) is 0 Å². The summed E-state index contributed by atoms with van der Waals surface area (Å²) in [6.07, 6.45) is 0.206. The lowest BCUT2D eigenvalue weighted by atomic mass is 10.3. The number of hydrogen-bond donors (Lipinski definition) is 2. The Morgan fingerprint density at radius 3 is 2.59 bits per heavy atom. The van der Waals surface area contributed by atoms with Crippen molar-refractivity contribution in [2.45, 2.75) is 17.7 Å². The first kappa shape index (κ1) is 14.1. The van der Waals surface area contributed by atoms with E-state index in [0.29, 0.717) is 4.47 Å². The smallest absolute Gasteiger partial charge is 0.303 e. The summed E-state index contributed by atoms with van der Waals surface area (Å²) < 4.78 is 26.4. The molecule has 0 aliphatic carbocycles. The van der Waals surface area contributed by atoms with E-state index >= 15 is 0 Å². The number of rotatable bonds is 6. The average Bonchev–Trinajstić information content (AvgIpc) is 2.24. The van der Waals surface area contributed by atoms with Gasteiger partial charge in [-0.2, -0.15) is 0 Å². The highest BCUT2D eigenvalue weighted by Crippen LogP contribution is 2.20. The molecular weight excluding hydrogens is 310 g/mol. The summed E-state index contributed by atoms with van der Waals surface area (Å²) in [5, 5.41) is 8.42. The number of aliphatic carboxylic acids is 1. The van der Waals surface area contributed by atoms with Gasteiger partial charge in [0.15, 0.2) is 0 Å². The van der Waals surface area contributed by atoms with E-state index in [-0.39, 0.29) is 24.3 Å². The molecule has 0 saturated heterocycles. The lowest BCUT2D eigenvalue weighted by Gasteiger charge is -2.07. The van der Waals surface area contributed by atoms with E-state index in [0.717, 1.165) is 0 Å². The molecule has 0 aliphatic heterocycles. The predicted octanol–water partition coefficient (Wildman–Crippen LogP) is 1.59. The lowest BCUT2D eigenvalue weighted by molar-refractivity contribution is -0.137. The molecule has 0 spiro atoms. The Morgan fingerprint density at radius 1 is 1.35 bits per heavy atom. The number of sulfonamides is 1. The summed E-state index contributed by atoms with van der Waals surface area (Å²) in [6.45, 7) is 0.107. The second kappa shape index (κ2) is 6.13. The SMILES string of the molecule is O=C(O)CCCNS(=O)(=O)c1ccccc1Br. The highest BCUT2D eigenvalue weighted by atomic mass is 79.9. The Labute approximate surface area is 108 Å². The molecule has 94 valence electrons. The molecule has 5 nitrogen and oxygen atoms in total. The van der Waals surface area contributed by atoms with Crippen molar-refractivity contribution in [1.82, 2.24) is 4.72 Å². The minimum Gasteiger partial charge on any atom is -0.481 e. The Morgan fingerprint density at radius 2 is 2.00 bits per heavy atom. The molecule has 2 N–H and O–H groups in total. The zero-order valence-electron chi connectivity index (χ0n) is 8.89. The molecule has 0 radical (unpaired) electrons. The molecule has 0 atom stereocenters. The van der Waals surface area contributed by atoms with Gasteiger partial charge in [0, 0.05) is 17.4 Å². The Bertz CT molecular complexity index is 501. The van der Waals surface area contributed by atoms with Crippen molar-refractivity contribution >= 4 is 31.9 Å². The fourth-order valence-corrected chi connectivity index (χ4v) is 3.26. The molecule has 17 heavy (non-hydrogen) atoms. The van der Waals surface area contributed by atoms with E-state index in [4.69, 9.17) is 5.11 Å². The molecule has 1 rings (SSSR count). The first-order valence-corrected chi connectivity index (χ1v) is 7.17. The average molecular weight is 322 g/mol. The van der Waals surface area contributed by atoms with Gasteiger partial charge in [0.05, 0.1) is 4.90 Å². The summed E-state index contributed by atoms with van der Waals surface area (Å²) >= 11 is 3.15. The van der Waals surface area contributed by atoms with Gasteiger partial charge in [-0.1, -0.05) is 12.1 Å². The number of halogens is 1. The molecule has 0 unspecified atom stereocenters. The molecule has 0 fully saturated rings. The van der Waals surface area contributed by atoms with Crippen LogP contribution in [0.5, 0.6) is 0 Å². The van der Waals surface area contributed by atoms with E-state index in [1.807, 2.05) is 0 Å². The second-order valence-electron chi connectivity index (χ2n) is 3.33. The van der Waals surface area contributed by atoms with Gasteiger partial charge in [-0.25, -0.2) is 13.1 Å². The van der Waals surface area contributed by atoms with Crippen LogP contribution in [0.25, 0.3) is 0 Å². The predicted molar refractivity (Wildman–Crippen MR) is 66.2 cm³/mol. The van der Waals surface area contributed by atoms with E-state index in [1.54, 1.807) is 18.2 Å². The molecule has 0 saturated carbocycles. The minimum atomic E-state index is -3.58. The monoisotopic (exact) mass is 321 g/mol. The largest absolute Gasteiger partial charge is 0.481 e. The summed E-state index contributed by atoms with van der Waals surface area (Å²) in [4.78, 5) is 10.4. The van der Waals surface area contributed by atoms with Crippen LogP contribution in [0.1, 0.15) is 12.8 Å². The Hall–Kier alpha value is -0.920. The van der Waals surface area contributed by atoms with E-state index < -0.39 is 16.0 Å². The number of hydrogen-bond acceptors (Lipinski definition) is 3. The summed E-state index contributed by atoms with van der Waals surface area (Å²) in [7, 11) is -3.58. The van der Waals surface area contributed by atoms with Crippen molar-refractivity contribution in [3.63, 3.8) is 0 Å². The summed E-state index contributed by atoms with van der Waals surface area (Å²) in [6, 6.07) is 6.44. The van der Waals surface area contributed by atoms with Gasteiger partial charge in [-0.05, 0) is 34.5 Å². The van der Waals surface area contributed by atoms with Crippen LogP contribution in [0.15, 0.2) is 33.6 Å². The van der Waals surface area contributed by atoms with Crippen molar-refractivity contribution in [3.8, 4) is 0 Å². The van der Waals surface area contributed by atoms with E-state index in [2.05, 4.69) is 20.7 Å². The van der Waals surface area contributed by atoms with Crippen molar-refractivity contribution < 1.29 is 18.3 Å². The van der Waals surface area contributed by atoms with Crippen molar-refractivity contribution in [3.05, 3.63) is 28.7 Å². The van der Waals surface area contributed by atoms with Crippen LogP contribution in [0.3, 0.4) is 0 Å². The molecule has 0 amide bonds. The third kappa shape index (κ3) is 4.45. The van der Waals surface area contributed by atoms with Gasteiger partial charge in [0.25, 0.3) is 0 Å². The fraction of sp³-hybridized carbons (Fsp3) is 0.300. The molecule has 0 aromatic heterocycles. The molecule has 0 bridgehead atoms. The zero-order valence-corrected chi connectivity index (χ0v) is 11.3. The van der Waals surface area contributed by atoms with Crippen LogP contribution in [0, 0.1) is 0 Å². The van der Waals surface area contributed by atoms with Gasteiger partial charge < -0.3 is 5.11 Å². The number of benzene rings is 1. The molecule has 7 heteroatoms. The first-order valence-electron chi connectivity index (χ1n) is 4.89. The van der Waals surface area contributed by atoms with E-state index in [1.165, 1.54) is 6.07 Å². The number of carboxylic acids is 1. The summed E-state index contributed by atoms with van der Waals surface area (Å²) in [5.41, 5.74) is 0. The maximum absolute atomic E-state index is 11.8. The van der Waals surface area contributed by atoms with Gasteiger partial charge in [0.2, 0.25) is 10.0 Å². The van der Waals surface area contributed by atoms with Crippen LogP contribution in [-0.2, 0) is 14.8 Å². The molecular formula is C10H12BrNO4S. The van der Waals surface area contributed by atoms with Gasteiger partial charge in [0.1, 0.15) is 0 Å². The molecule has 0 heterocycles. The Balaban J connectivity index is 2.64. The van der Waals surface area contributed by atoms with Gasteiger partial charge in [-0.3, -0.25) is 4.79 Å². The normalized spacial score (nSPS) is 11.4. The maximum atomic E-state index is 11.8. The van der Waals surface area contributed by atoms with Crippen molar-refractivity contribution in [2.24, 2.45) is 0 Å². The topological polar surface area (TPSA) is 83.5 Å². The van der Waals surface area contributed by atoms with Crippen molar-refractivity contribution in [1.29, 1.82) is 0 Å². The third-order valence-corrected chi connectivity index (χ3v) is 4.46. The lowest BCUT2D eigenvalue weighted by Crippen LogP contribution is -2.25. The fourth-order valence-electron chi connectivity index (χ4n) is 1.19.